The predicted octanol–water partition coefficient (Wildman–Crippen LogP) is 2.75. The molecular weight excluding hydrogens is 262 g/mol. The Kier molecular flexibility index (Phi) is 3.81. The lowest BCUT2D eigenvalue weighted by Crippen LogP contribution is -2.28. The van der Waals surface area contributed by atoms with Crippen LogP contribution in [0.5, 0.6) is 0 Å². The van der Waals surface area contributed by atoms with Crippen molar-refractivity contribution in [3.63, 3.8) is 0 Å². The van der Waals surface area contributed by atoms with Crippen molar-refractivity contribution in [2.75, 3.05) is 5.73 Å². The Morgan fingerprint density at radius 3 is 2.53 bits per heavy atom. The highest BCUT2D eigenvalue weighted by Crippen LogP contribution is 2.17. The largest absolute Gasteiger partial charge is 0.397 e. The molecule has 0 saturated heterocycles. The number of nitrogens with one attached hydrogen (secondary N) is 1. The van der Waals surface area contributed by atoms with Gasteiger partial charge in [-0.15, -0.1) is 0 Å². The summed E-state index contributed by atoms with van der Waals surface area (Å²) in [5.74, 6) is -0.151. The fraction of sp³-hybridized carbons (Fsp3) is 0.214. The van der Waals surface area contributed by atoms with Gasteiger partial charge < -0.3 is 15.6 Å². The first-order valence-corrected chi connectivity index (χ1v) is 6.33. The van der Waals surface area contributed by atoms with Gasteiger partial charge in [-0.3, -0.25) is 4.79 Å². The van der Waals surface area contributed by atoms with E-state index in [1.165, 1.54) is 0 Å². The third kappa shape index (κ3) is 3.09. The monoisotopic (exact) mass is 277 g/mol. The maximum absolute atomic E-state index is 12.1. The van der Waals surface area contributed by atoms with E-state index in [1.54, 1.807) is 36.0 Å². The molecule has 0 spiro atoms. The normalized spacial score (nSPS) is 12.2. The number of nitrogens with zero attached hydrogens (tertiary/aromatic N) is 1. The van der Waals surface area contributed by atoms with Gasteiger partial charge in [-0.1, -0.05) is 23.7 Å². The van der Waals surface area contributed by atoms with Crippen molar-refractivity contribution in [3.05, 3.63) is 52.8 Å². The molecule has 1 heterocycles. The molecule has 0 radical (unpaired) electrons. The molecular formula is C14H16ClN3O. The summed E-state index contributed by atoms with van der Waals surface area (Å²) in [6.07, 6.45) is 1.71. The lowest BCUT2D eigenvalue weighted by Gasteiger charge is -2.14. The van der Waals surface area contributed by atoms with Gasteiger partial charge in [0.15, 0.2) is 0 Å². The van der Waals surface area contributed by atoms with E-state index in [4.69, 9.17) is 17.3 Å². The highest BCUT2D eigenvalue weighted by molar-refractivity contribution is 6.30. The zero-order valence-electron chi connectivity index (χ0n) is 10.9. The van der Waals surface area contributed by atoms with E-state index in [0.717, 1.165) is 5.56 Å². The van der Waals surface area contributed by atoms with Crippen molar-refractivity contribution in [2.45, 2.75) is 13.0 Å². The van der Waals surface area contributed by atoms with Gasteiger partial charge in [0.05, 0.1) is 11.7 Å². The number of carbonyl (C=O) groups is 1. The summed E-state index contributed by atoms with van der Waals surface area (Å²) in [6, 6.07) is 8.96. The molecule has 0 aliphatic heterocycles. The first-order valence-electron chi connectivity index (χ1n) is 5.95. The van der Waals surface area contributed by atoms with Crippen molar-refractivity contribution in [2.24, 2.45) is 7.05 Å². The fourth-order valence-electron chi connectivity index (χ4n) is 1.92. The second kappa shape index (κ2) is 5.36. The molecule has 1 unspecified atom stereocenters. The van der Waals surface area contributed by atoms with E-state index in [1.807, 2.05) is 19.1 Å². The Balaban J connectivity index is 2.10. The zero-order valence-corrected chi connectivity index (χ0v) is 11.6. The number of hydrogen-bond acceptors (Lipinski definition) is 2. The van der Waals surface area contributed by atoms with Gasteiger partial charge in [0, 0.05) is 18.3 Å². The highest BCUT2D eigenvalue weighted by atomic mass is 35.5. The molecule has 5 heteroatoms. The quantitative estimate of drug-likeness (QED) is 0.906. The molecule has 1 amide bonds. The second-order valence-corrected chi connectivity index (χ2v) is 4.95. The second-order valence-electron chi connectivity index (χ2n) is 4.52. The van der Waals surface area contributed by atoms with E-state index >= 15 is 0 Å². The van der Waals surface area contributed by atoms with Crippen LogP contribution in [0.25, 0.3) is 0 Å². The van der Waals surface area contributed by atoms with E-state index < -0.39 is 0 Å². The molecule has 2 rings (SSSR count). The number of aryl methyl sites for hydroxylation is 1. The molecule has 2 aromatic rings. The summed E-state index contributed by atoms with van der Waals surface area (Å²) >= 11 is 5.84. The van der Waals surface area contributed by atoms with Crippen LogP contribution in [0.4, 0.5) is 5.69 Å². The number of rotatable bonds is 3. The number of anilines is 1. The minimum absolute atomic E-state index is 0.0964. The maximum atomic E-state index is 12.1. The predicted molar refractivity (Wildman–Crippen MR) is 77.2 cm³/mol. The first-order chi connectivity index (χ1) is 8.97. The Morgan fingerprint density at radius 2 is 2.00 bits per heavy atom. The van der Waals surface area contributed by atoms with Crippen LogP contribution < -0.4 is 11.1 Å². The summed E-state index contributed by atoms with van der Waals surface area (Å²) in [5, 5.41) is 3.61. The van der Waals surface area contributed by atoms with Crippen molar-refractivity contribution in [3.8, 4) is 0 Å². The highest BCUT2D eigenvalue weighted by Gasteiger charge is 2.14. The summed E-state index contributed by atoms with van der Waals surface area (Å²) in [7, 11) is 1.79. The van der Waals surface area contributed by atoms with Crippen LogP contribution in [0.1, 0.15) is 29.0 Å². The average molecular weight is 278 g/mol. The van der Waals surface area contributed by atoms with E-state index in [-0.39, 0.29) is 11.9 Å². The Hall–Kier alpha value is -1.94. The zero-order chi connectivity index (χ0) is 14.0. The molecule has 0 saturated carbocycles. The molecule has 0 fully saturated rings. The first kappa shape index (κ1) is 13.5. The lowest BCUT2D eigenvalue weighted by molar-refractivity contribution is 0.0931. The molecule has 4 nitrogen and oxygen atoms in total. The van der Waals surface area contributed by atoms with Crippen molar-refractivity contribution in [1.82, 2.24) is 9.88 Å². The van der Waals surface area contributed by atoms with Crippen molar-refractivity contribution < 1.29 is 4.79 Å². The molecule has 19 heavy (non-hydrogen) atoms. The fourth-order valence-corrected chi connectivity index (χ4v) is 2.05. The summed E-state index contributed by atoms with van der Waals surface area (Å²) in [4.78, 5) is 12.1. The number of nitrogen functional groups attached to an aromatic ring is 1. The Bertz CT molecular complexity index is 589. The smallest absolute Gasteiger partial charge is 0.268 e. The van der Waals surface area contributed by atoms with Crippen molar-refractivity contribution in [1.29, 1.82) is 0 Å². The number of benzene rings is 1. The molecule has 1 aromatic carbocycles. The van der Waals surface area contributed by atoms with Crippen LogP contribution in [-0.2, 0) is 7.05 Å². The SMILES string of the molecule is CC(NC(=O)c1cc(N)cn1C)c1ccc(Cl)cc1. The number of amides is 1. The molecule has 0 aliphatic rings. The van der Waals surface area contributed by atoms with Gasteiger partial charge in [0.1, 0.15) is 5.69 Å². The minimum Gasteiger partial charge on any atom is -0.397 e. The van der Waals surface area contributed by atoms with Gasteiger partial charge in [0.2, 0.25) is 0 Å². The third-order valence-corrected chi connectivity index (χ3v) is 3.23. The molecule has 1 atom stereocenters. The maximum Gasteiger partial charge on any atom is 0.268 e. The van der Waals surface area contributed by atoms with E-state index in [0.29, 0.717) is 16.4 Å². The summed E-state index contributed by atoms with van der Waals surface area (Å²) < 4.78 is 1.71. The van der Waals surface area contributed by atoms with E-state index in [2.05, 4.69) is 5.32 Å². The Labute approximate surface area is 117 Å². The van der Waals surface area contributed by atoms with E-state index in [9.17, 15) is 4.79 Å². The molecule has 1 aromatic heterocycles. The molecule has 0 aliphatic carbocycles. The third-order valence-electron chi connectivity index (χ3n) is 2.98. The topological polar surface area (TPSA) is 60.1 Å². The molecule has 0 bridgehead atoms. The number of carbonyl (C=O) groups excluding carboxylic acids is 1. The summed E-state index contributed by atoms with van der Waals surface area (Å²) in [5.41, 5.74) is 7.78. The standard InChI is InChI=1S/C14H16ClN3O/c1-9(10-3-5-11(15)6-4-10)17-14(19)13-7-12(16)8-18(13)2/h3-9H,16H2,1-2H3,(H,17,19). The van der Waals surface area contributed by atoms with Gasteiger partial charge in [-0.2, -0.15) is 0 Å². The molecule has 3 N–H and O–H groups in total. The van der Waals surface area contributed by atoms with Crippen LogP contribution in [0.2, 0.25) is 5.02 Å². The number of aromatic nitrogens is 1. The number of hydrogen-bond donors (Lipinski definition) is 2. The van der Waals surface area contributed by atoms with Gasteiger partial charge >= 0.3 is 0 Å². The molecule has 100 valence electrons. The lowest BCUT2D eigenvalue weighted by atomic mass is 10.1. The van der Waals surface area contributed by atoms with Crippen LogP contribution in [-0.4, -0.2) is 10.5 Å². The van der Waals surface area contributed by atoms with Crippen LogP contribution in [0.3, 0.4) is 0 Å². The van der Waals surface area contributed by atoms with Gasteiger partial charge in [-0.05, 0) is 30.7 Å². The summed E-state index contributed by atoms with van der Waals surface area (Å²) in [6.45, 7) is 1.92. The van der Waals surface area contributed by atoms with Crippen molar-refractivity contribution >= 4 is 23.2 Å². The van der Waals surface area contributed by atoms with Crippen LogP contribution in [0.15, 0.2) is 36.5 Å². The minimum atomic E-state index is -0.151. The average Bonchev–Trinajstić information content (AvgIpc) is 2.69. The van der Waals surface area contributed by atoms with Gasteiger partial charge in [-0.25, -0.2) is 0 Å². The van der Waals surface area contributed by atoms with Gasteiger partial charge in [0.25, 0.3) is 5.91 Å². The Morgan fingerprint density at radius 1 is 1.37 bits per heavy atom. The van der Waals surface area contributed by atoms with Crippen LogP contribution in [0, 0.1) is 0 Å². The van der Waals surface area contributed by atoms with Crippen LogP contribution >= 0.6 is 11.6 Å². The number of nitrogens with two attached hydrogens (primary N) is 1. The number of halogens is 1.